The highest BCUT2D eigenvalue weighted by molar-refractivity contribution is 7.10. The molecular formula is C13H20N2O2S. The zero-order valence-electron chi connectivity index (χ0n) is 10.7. The summed E-state index contributed by atoms with van der Waals surface area (Å²) in [7, 11) is 0. The average molecular weight is 268 g/mol. The molecule has 1 aromatic rings. The maximum atomic E-state index is 12.2. The molecule has 2 rings (SSSR count). The maximum absolute atomic E-state index is 12.2. The van der Waals surface area contributed by atoms with Crippen LogP contribution in [-0.4, -0.2) is 43.2 Å². The van der Waals surface area contributed by atoms with Gasteiger partial charge < -0.3 is 15.4 Å². The number of amides is 1. The molecule has 1 aliphatic rings. The first kappa shape index (κ1) is 13.5. The van der Waals surface area contributed by atoms with Crippen molar-refractivity contribution in [2.45, 2.75) is 25.8 Å². The number of carbonyl (C=O) groups excluding carboxylic acids is 1. The Labute approximate surface area is 112 Å². The number of rotatable bonds is 4. The van der Waals surface area contributed by atoms with E-state index in [2.05, 4.69) is 18.4 Å². The van der Waals surface area contributed by atoms with Gasteiger partial charge in [-0.25, -0.2) is 0 Å². The summed E-state index contributed by atoms with van der Waals surface area (Å²) in [4.78, 5) is 15.4. The van der Waals surface area contributed by atoms with Crippen molar-refractivity contribution in [2.75, 3.05) is 26.3 Å². The summed E-state index contributed by atoms with van der Waals surface area (Å²) in [5.41, 5.74) is 6.96. The van der Waals surface area contributed by atoms with Gasteiger partial charge in [-0.05, 0) is 30.4 Å². The molecule has 0 bridgehead atoms. The second-order valence-electron chi connectivity index (χ2n) is 4.58. The van der Waals surface area contributed by atoms with Crippen molar-refractivity contribution in [3.05, 3.63) is 21.9 Å². The van der Waals surface area contributed by atoms with Crippen LogP contribution in [0.15, 0.2) is 11.4 Å². The molecule has 0 aliphatic carbocycles. The van der Waals surface area contributed by atoms with Gasteiger partial charge in [0, 0.05) is 24.4 Å². The van der Waals surface area contributed by atoms with Crippen LogP contribution in [0.3, 0.4) is 0 Å². The minimum Gasteiger partial charge on any atom is -0.377 e. The van der Waals surface area contributed by atoms with Gasteiger partial charge in [0.05, 0.1) is 19.3 Å². The first-order chi connectivity index (χ1) is 8.72. The van der Waals surface area contributed by atoms with Crippen LogP contribution in [0.2, 0.25) is 0 Å². The van der Waals surface area contributed by atoms with E-state index in [1.165, 1.54) is 10.4 Å². The number of morpholine rings is 1. The van der Waals surface area contributed by atoms with E-state index in [1.54, 1.807) is 11.3 Å². The van der Waals surface area contributed by atoms with Crippen molar-refractivity contribution in [1.82, 2.24) is 4.90 Å². The standard InChI is InChI=1S/C13H20N2O2S/c1-10-4-7-18-12(10)2-3-13(16)15-5-6-17-9-11(15)8-14/h4,7,11H,2-3,5-6,8-9,14H2,1H3. The van der Waals surface area contributed by atoms with E-state index >= 15 is 0 Å². The van der Waals surface area contributed by atoms with Gasteiger partial charge in [0.25, 0.3) is 0 Å². The molecule has 1 unspecified atom stereocenters. The molecular weight excluding hydrogens is 248 g/mol. The van der Waals surface area contributed by atoms with Gasteiger partial charge in [-0.15, -0.1) is 11.3 Å². The molecule has 0 radical (unpaired) electrons. The van der Waals surface area contributed by atoms with Gasteiger partial charge in [0.2, 0.25) is 5.91 Å². The molecule has 0 aromatic carbocycles. The van der Waals surface area contributed by atoms with Crippen LogP contribution in [0.4, 0.5) is 0 Å². The first-order valence-electron chi connectivity index (χ1n) is 6.32. The minimum absolute atomic E-state index is 0.0516. The van der Waals surface area contributed by atoms with Gasteiger partial charge in [-0.1, -0.05) is 0 Å². The fourth-order valence-corrected chi connectivity index (χ4v) is 3.11. The Balaban J connectivity index is 1.89. The largest absolute Gasteiger partial charge is 0.377 e. The summed E-state index contributed by atoms with van der Waals surface area (Å²) in [5, 5.41) is 2.08. The SMILES string of the molecule is Cc1ccsc1CCC(=O)N1CCOCC1CN. The third-order valence-electron chi connectivity index (χ3n) is 3.35. The Morgan fingerprint density at radius 2 is 2.50 bits per heavy atom. The zero-order chi connectivity index (χ0) is 13.0. The first-order valence-corrected chi connectivity index (χ1v) is 7.20. The summed E-state index contributed by atoms with van der Waals surface area (Å²) in [6.07, 6.45) is 1.40. The van der Waals surface area contributed by atoms with Crippen LogP contribution >= 0.6 is 11.3 Å². The summed E-state index contributed by atoms with van der Waals surface area (Å²) < 4.78 is 5.35. The van der Waals surface area contributed by atoms with Gasteiger partial charge in [-0.3, -0.25) is 4.79 Å². The van der Waals surface area contributed by atoms with Crippen LogP contribution in [0, 0.1) is 6.92 Å². The van der Waals surface area contributed by atoms with E-state index in [-0.39, 0.29) is 11.9 Å². The van der Waals surface area contributed by atoms with Crippen molar-refractivity contribution in [3.63, 3.8) is 0 Å². The molecule has 100 valence electrons. The van der Waals surface area contributed by atoms with Crippen LogP contribution in [0.1, 0.15) is 16.9 Å². The predicted octanol–water partition coefficient (Wildman–Crippen LogP) is 1.18. The minimum atomic E-state index is 0.0516. The maximum Gasteiger partial charge on any atom is 0.223 e. The number of carbonyl (C=O) groups is 1. The quantitative estimate of drug-likeness (QED) is 0.892. The van der Waals surface area contributed by atoms with Crippen LogP contribution in [-0.2, 0) is 16.0 Å². The van der Waals surface area contributed by atoms with E-state index in [4.69, 9.17) is 10.5 Å². The molecule has 2 heterocycles. The second kappa shape index (κ2) is 6.31. The molecule has 1 amide bonds. The van der Waals surface area contributed by atoms with Crippen LogP contribution in [0.25, 0.3) is 0 Å². The van der Waals surface area contributed by atoms with E-state index < -0.39 is 0 Å². The number of nitrogens with zero attached hydrogens (tertiary/aromatic N) is 1. The molecule has 0 saturated carbocycles. The second-order valence-corrected chi connectivity index (χ2v) is 5.58. The Morgan fingerprint density at radius 1 is 1.67 bits per heavy atom. The Kier molecular flexibility index (Phi) is 4.74. The molecule has 5 heteroatoms. The lowest BCUT2D eigenvalue weighted by atomic mass is 10.1. The van der Waals surface area contributed by atoms with Crippen molar-refractivity contribution < 1.29 is 9.53 Å². The van der Waals surface area contributed by atoms with Crippen molar-refractivity contribution in [3.8, 4) is 0 Å². The molecule has 2 N–H and O–H groups in total. The highest BCUT2D eigenvalue weighted by atomic mass is 32.1. The monoisotopic (exact) mass is 268 g/mol. The fraction of sp³-hybridized carbons (Fsp3) is 0.615. The lowest BCUT2D eigenvalue weighted by Gasteiger charge is -2.35. The smallest absolute Gasteiger partial charge is 0.223 e. The van der Waals surface area contributed by atoms with Crippen LogP contribution in [0.5, 0.6) is 0 Å². The van der Waals surface area contributed by atoms with Crippen molar-refractivity contribution in [2.24, 2.45) is 5.73 Å². The molecule has 1 atom stereocenters. The molecule has 18 heavy (non-hydrogen) atoms. The third-order valence-corrected chi connectivity index (χ3v) is 4.44. The fourth-order valence-electron chi connectivity index (χ4n) is 2.20. The summed E-state index contributed by atoms with van der Waals surface area (Å²) >= 11 is 1.72. The number of hydrogen-bond acceptors (Lipinski definition) is 4. The molecule has 1 saturated heterocycles. The summed E-state index contributed by atoms with van der Waals surface area (Å²) in [5.74, 6) is 0.196. The lowest BCUT2D eigenvalue weighted by molar-refractivity contribution is -0.139. The summed E-state index contributed by atoms with van der Waals surface area (Å²) in [6, 6.07) is 2.15. The highest BCUT2D eigenvalue weighted by Gasteiger charge is 2.25. The highest BCUT2D eigenvalue weighted by Crippen LogP contribution is 2.18. The van der Waals surface area contributed by atoms with Crippen molar-refractivity contribution >= 4 is 17.2 Å². The molecule has 1 aromatic heterocycles. The number of aryl methyl sites for hydroxylation is 2. The third kappa shape index (κ3) is 3.10. The number of thiophene rings is 1. The average Bonchev–Trinajstić information content (AvgIpc) is 2.81. The topological polar surface area (TPSA) is 55.6 Å². The number of hydrogen-bond donors (Lipinski definition) is 1. The molecule has 1 aliphatic heterocycles. The predicted molar refractivity (Wildman–Crippen MR) is 72.8 cm³/mol. The van der Waals surface area contributed by atoms with Gasteiger partial charge >= 0.3 is 0 Å². The zero-order valence-corrected chi connectivity index (χ0v) is 11.5. The van der Waals surface area contributed by atoms with E-state index in [9.17, 15) is 4.79 Å². The Morgan fingerprint density at radius 3 is 3.17 bits per heavy atom. The van der Waals surface area contributed by atoms with E-state index in [0.717, 1.165) is 6.42 Å². The molecule has 1 fully saturated rings. The van der Waals surface area contributed by atoms with Gasteiger partial charge in [-0.2, -0.15) is 0 Å². The van der Waals surface area contributed by atoms with E-state index in [0.29, 0.717) is 32.7 Å². The molecule has 0 spiro atoms. The molecule has 4 nitrogen and oxygen atoms in total. The Bertz CT molecular complexity index is 405. The van der Waals surface area contributed by atoms with Gasteiger partial charge in [0.1, 0.15) is 0 Å². The van der Waals surface area contributed by atoms with Crippen molar-refractivity contribution in [1.29, 1.82) is 0 Å². The van der Waals surface area contributed by atoms with Gasteiger partial charge in [0.15, 0.2) is 0 Å². The number of ether oxygens (including phenoxy) is 1. The normalized spacial score (nSPS) is 20.1. The van der Waals surface area contributed by atoms with Crippen LogP contribution < -0.4 is 5.73 Å². The lowest BCUT2D eigenvalue weighted by Crippen LogP contribution is -2.52. The Hall–Kier alpha value is -0.910. The number of nitrogens with two attached hydrogens (primary N) is 1. The summed E-state index contributed by atoms with van der Waals surface area (Å²) in [6.45, 7) is 4.43. The van der Waals surface area contributed by atoms with E-state index in [1.807, 2.05) is 4.90 Å².